The normalized spacial score (nSPS) is 12.5. The van der Waals surface area contributed by atoms with Gasteiger partial charge in [-0.05, 0) is 60.1 Å². The molecular weight excluding hydrogens is 302 g/mol. The second-order valence-electron chi connectivity index (χ2n) is 3.94. The Morgan fingerprint density at radius 2 is 2.06 bits per heavy atom. The van der Waals surface area contributed by atoms with Crippen LogP contribution in [0.4, 0.5) is 5.69 Å². The summed E-state index contributed by atoms with van der Waals surface area (Å²) in [6, 6.07) is 9.69. The molecule has 0 aliphatic heterocycles. The van der Waals surface area contributed by atoms with Crippen molar-refractivity contribution in [1.82, 2.24) is 0 Å². The minimum Gasteiger partial charge on any atom is -0.464 e. The first-order valence-electron chi connectivity index (χ1n) is 5.34. The molecule has 0 amide bonds. The van der Waals surface area contributed by atoms with E-state index in [-0.39, 0.29) is 6.04 Å². The first-order valence-corrected chi connectivity index (χ1v) is 6.51. The van der Waals surface area contributed by atoms with Crippen molar-refractivity contribution in [2.45, 2.75) is 19.9 Å². The molecule has 1 heterocycles. The molecule has 1 aromatic carbocycles. The standard InChI is InChI=1S/C13H13BrClNO/c1-8-3-6-13(17-8)9(2)16-12-7-10(15)4-5-11(12)14/h3-7,9,16H,1-2H3. The second kappa shape index (κ2) is 5.15. The van der Waals surface area contributed by atoms with Gasteiger partial charge in [-0.25, -0.2) is 0 Å². The number of hydrogen-bond donors (Lipinski definition) is 1. The first-order chi connectivity index (χ1) is 8.06. The van der Waals surface area contributed by atoms with Gasteiger partial charge in [0.2, 0.25) is 0 Å². The predicted octanol–water partition coefficient (Wildman–Crippen LogP) is 5.18. The van der Waals surface area contributed by atoms with Crippen molar-refractivity contribution in [1.29, 1.82) is 0 Å². The Hall–Kier alpha value is -0.930. The Morgan fingerprint density at radius 1 is 1.29 bits per heavy atom. The molecule has 2 rings (SSSR count). The molecule has 90 valence electrons. The molecule has 17 heavy (non-hydrogen) atoms. The Balaban J connectivity index is 2.18. The van der Waals surface area contributed by atoms with Crippen LogP contribution in [0.25, 0.3) is 0 Å². The number of hydrogen-bond acceptors (Lipinski definition) is 2. The summed E-state index contributed by atoms with van der Waals surface area (Å²) in [7, 11) is 0. The second-order valence-corrected chi connectivity index (χ2v) is 5.23. The highest BCUT2D eigenvalue weighted by Crippen LogP contribution is 2.29. The monoisotopic (exact) mass is 313 g/mol. The maximum Gasteiger partial charge on any atom is 0.126 e. The zero-order valence-electron chi connectivity index (χ0n) is 9.63. The van der Waals surface area contributed by atoms with E-state index < -0.39 is 0 Å². The van der Waals surface area contributed by atoms with E-state index in [4.69, 9.17) is 16.0 Å². The van der Waals surface area contributed by atoms with Crippen molar-refractivity contribution >= 4 is 33.2 Å². The van der Waals surface area contributed by atoms with Gasteiger partial charge in [-0.3, -0.25) is 0 Å². The SMILES string of the molecule is Cc1ccc(C(C)Nc2cc(Cl)ccc2Br)o1. The smallest absolute Gasteiger partial charge is 0.126 e. The van der Waals surface area contributed by atoms with Crippen LogP contribution in [0.2, 0.25) is 5.02 Å². The third-order valence-electron chi connectivity index (χ3n) is 2.49. The summed E-state index contributed by atoms with van der Waals surface area (Å²) in [5, 5.41) is 4.06. The van der Waals surface area contributed by atoms with Crippen molar-refractivity contribution < 1.29 is 4.42 Å². The molecule has 0 bridgehead atoms. The lowest BCUT2D eigenvalue weighted by Gasteiger charge is -2.14. The van der Waals surface area contributed by atoms with Gasteiger partial charge < -0.3 is 9.73 Å². The van der Waals surface area contributed by atoms with Gasteiger partial charge in [0.05, 0.1) is 11.7 Å². The quantitative estimate of drug-likeness (QED) is 0.844. The predicted molar refractivity (Wildman–Crippen MR) is 74.6 cm³/mol. The number of nitrogens with one attached hydrogen (secondary N) is 1. The molecule has 0 aliphatic carbocycles. The van der Waals surface area contributed by atoms with Gasteiger partial charge in [0.25, 0.3) is 0 Å². The molecule has 2 aromatic rings. The van der Waals surface area contributed by atoms with E-state index in [9.17, 15) is 0 Å². The highest BCUT2D eigenvalue weighted by Gasteiger charge is 2.11. The highest BCUT2D eigenvalue weighted by molar-refractivity contribution is 9.10. The molecule has 1 N–H and O–H groups in total. The Kier molecular flexibility index (Phi) is 3.79. The van der Waals surface area contributed by atoms with Gasteiger partial charge in [-0.15, -0.1) is 0 Å². The maximum atomic E-state index is 5.97. The van der Waals surface area contributed by atoms with E-state index in [0.717, 1.165) is 21.7 Å². The van der Waals surface area contributed by atoms with E-state index in [1.165, 1.54) is 0 Å². The number of anilines is 1. The van der Waals surface area contributed by atoms with Crippen LogP contribution in [0.5, 0.6) is 0 Å². The van der Waals surface area contributed by atoms with Crippen LogP contribution >= 0.6 is 27.5 Å². The molecule has 4 heteroatoms. The third-order valence-corrected chi connectivity index (χ3v) is 3.41. The fourth-order valence-electron chi connectivity index (χ4n) is 1.60. The number of furan rings is 1. The summed E-state index contributed by atoms with van der Waals surface area (Å²) in [4.78, 5) is 0. The summed E-state index contributed by atoms with van der Waals surface area (Å²) >= 11 is 9.45. The lowest BCUT2D eigenvalue weighted by Crippen LogP contribution is -2.05. The third kappa shape index (κ3) is 3.05. The van der Waals surface area contributed by atoms with Gasteiger partial charge in [0.1, 0.15) is 11.5 Å². The highest BCUT2D eigenvalue weighted by atomic mass is 79.9. The lowest BCUT2D eigenvalue weighted by molar-refractivity contribution is 0.467. The maximum absolute atomic E-state index is 5.97. The van der Waals surface area contributed by atoms with Crippen LogP contribution in [0, 0.1) is 6.92 Å². The first kappa shape index (κ1) is 12.5. The van der Waals surface area contributed by atoms with Crippen LogP contribution in [-0.2, 0) is 0 Å². The van der Waals surface area contributed by atoms with Crippen molar-refractivity contribution in [3.63, 3.8) is 0 Å². The van der Waals surface area contributed by atoms with Gasteiger partial charge in [0.15, 0.2) is 0 Å². The van der Waals surface area contributed by atoms with Crippen molar-refractivity contribution in [3.8, 4) is 0 Å². The van der Waals surface area contributed by atoms with Crippen LogP contribution < -0.4 is 5.32 Å². The average molecular weight is 315 g/mol. The molecular formula is C13H13BrClNO. The van der Waals surface area contributed by atoms with E-state index in [1.807, 2.05) is 44.2 Å². The number of rotatable bonds is 3. The van der Waals surface area contributed by atoms with E-state index >= 15 is 0 Å². The summed E-state index contributed by atoms with van der Waals surface area (Å²) in [6.45, 7) is 3.98. The van der Waals surface area contributed by atoms with Crippen LogP contribution in [0.15, 0.2) is 39.2 Å². The number of aryl methyl sites for hydroxylation is 1. The number of benzene rings is 1. The molecule has 1 atom stereocenters. The fraction of sp³-hybridized carbons (Fsp3) is 0.231. The topological polar surface area (TPSA) is 25.2 Å². The minimum atomic E-state index is 0.0958. The summed E-state index contributed by atoms with van der Waals surface area (Å²) < 4.78 is 6.56. The van der Waals surface area contributed by atoms with Gasteiger partial charge >= 0.3 is 0 Å². The largest absolute Gasteiger partial charge is 0.464 e. The van der Waals surface area contributed by atoms with E-state index in [1.54, 1.807) is 0 Å². The van der Waals surface area contributed by atoms with Gasteiger partial charge in [0, 0.05) is 9.50 Å². The summed E-state index contributed by atoms with van der Waals surface area (Å²) in [6.07, 6.45) is 0. The molecule has 0 saturated heterocycles. The minimum absolute atomic E-state index is 0.0958. The summed E-state index contributed by atoms with van der Waals surface area (Å²) in [5.74, 6) is 1.83. The van der Waals surface area contributed by atoms with Crippen molar-refractivity contribution in [2.24, 2.45) is 0 Å². The van der Waals surface area contributed by atoms with Crippen LogP contribution in [-0.4, -0.2) is 0 Å². The molecule has 1 aromatic heterocycles. The lowest BCUT2D eigenvalue weighted by atomic mass is 10.2. The molecule has 0 spiro atoms. The van der Waals surface area contributed by atoms with Gasteiger partial charge in [-0.2, -0.15) is 0 Å². The fourth-order valence-corrected chi connectivity index (χ4v) is 2.13. The molecule has 0 fully saturated rings. The Labute approximate surface area is 114 Å². The van der Waals surface area contributed by atoms with Crippen LogP contribution in [0.3, 0.4) is 0 Å². The molecule has 0 aliphatic rings. The Morgan fingerprint density at radius 3 is 2.71 bits per heavy atom. The van der Waals surface area contributed by atoms with Gasteiger partial charge in [-0.1, -0.05) is 11.6 Å². The molecule has 0 radical (unpaired) electrons. The molecule has 1 unspecified atom stereocenters. The average Bonchev–Trinajstić information content (AvgIpc) is 2.70. The van der Waals surface area contributed by atoms with Crippen molar-refractivity contribution in [3.05, 3.63) is 51.3 Å². The van der Waals surface area contributed by atoms with Crippen LogP contribution in [0.1, 0.15) is 24.5 Å². The summed E-state index contributed by atoms with van der Waals surface area (Å²) in [5.41, 5.74) is 0.957. The van der Waals surface area contributed by atoms with Crippen molar-refractivity contribution in [2.75, 3.05) is 5.32 Å². The zero-order chi connectivity index (χ0) is 12.4. The van der Waals surface area contributed by atoms with E-state index in [0.29, 0.717) is 5.02 Å². The van der Waals surface area contributed by atoms with E-state index in [2.05, 4.69) is 21.2 Å². The molecule has 2 nitrogen and oxygen atoms in total. The number of halogens is 2. The molecule has 0 saturated carbocycles. The zero-order valence-corrected chi connectivity index (χ0v) is 12.0. The Bertz CT molecular complexity index is 524.